The van der Waals surface area contributed by atoms with Gasteiger partial charge in [-0.05, 0) is 12.5 Å². The Kier molecular flexibility index (Phi) is 6.21. The Morgan fingerprint density at radius 2 is 1.88 bits per heavy atom. The molecule has 0 heterocycles. The fourth-order valence-electron chi connectivity index (χ4n) is 1.23. The van der Waals surface area contributed by atoms with Gasteiger partial charge in [-0.2, -0.15) is 8.42 Å². The summed E-state index contributed by atoms with van der Waals surface area (Å²) < 4.78 is 21.3. The second-order valence-electron chi connectivity index (χ2n) is 4.55. The highest BCUT2D eigenvalue weighted by Gasteiger charge is 2.16. The van der Waals surface area contributed by atoms with Crippen molar-refractivity contribution < 1.29 is 17.7 Å². The molecular formula is C11H20NO3S+. The van der Waals surface area contributed by atoms with Gasteiger partial charge in [-0.1, -0.05) is 6.58 Å². The summed E-state index contributed by atoms with van der Waals surface area (Å²) in [6.07, 6.45) is 0.965. The Morgan fingerprint density at radius 1 is 1.31 bits per heavy atom. The third-order valence-corrected chi connectivity index (χ3v) is 2.92. The summed E-state index contributed by atoms with van der Waals surface area (Å²) in [4.78, 5) is 11.4. The van der Waals surface area contributed by atoms with Crippen LogP contribution in [-0.2, 0) is 15.1 Å². The molecule has 0 saturated heterocycles. The van der Waals surface area contributed by atoms with E-state index in [0.29, 0.717) is 36.0 Å². The van der Waals surface area contributed by atoms with Crippen LogP contribution in [0.5, 0.6) is 0 Å². The predicted molar refractivity (Wildman–Crippen MR) is 65.9 cm³/mol. The lowest BCUT2D eigenvalue weighted by Gasteiger charge is -2.28. The van der Waals surface area contributed by atoms with E-state index < -0.39 is 10.3 Å². The van der Waals surface area contributed by atoms with Crippen molar-refractivity contribution in [1.82, 2.24) is 0 Å². The molecule has 0 N–H and O–H groups in total. The van der Waals surface area contributed by atoms with E-state index in [4.69, 9.17) is 0 Å². The highest BCUT2D eigenvalue weighted by atomic mass is 32.2. The van der Waals surface area contributed by atoms with Crippen molar-refractivity contribution in [3.05, 3.63) is 12.2 Å². The zero-order valence-electron chi connectivity index (χ0n) is 10.2. The highest BCUT2D eigenvalue weighted by molar-refractivity contribution is 7.71. The van der Waals surface area contributed by atoms with Gasteiger partial charge in [-0.15, -0.1) is 0 Å². The van der Waals surface area contributed by atoms with Crippen molar-refractivity contribution in [1.29, 1.82) is 0 Å². The summed E-state index contributed by atoms with van der Waals surface area (Å²) in [5.41, 5.74) is 0.576. The first-order chi connectivity index (χ1) is 7.24. The number of quaternary nitrogens is 1. The van der Waals surface area contributed by atoms with Gasteiger partial charge in [0.1, 0.15) is 0 Å². The molecule has 0 fully saturated rings. The van der Waals surface area contributed by atoms with Crippen LogP contribution in [0.15, 0.2) is 12.2 Å². The number of allylic oxidation sites excluding steroid dienone is 1. The van der Waals surface area contributed by atoms with E-state index in [9.17, 15) is 13.2 Å². The SMILES string of the molecule is C=C(C)C(=O)CC[N+](C)(C)CCC=S(=O)=O. The largest absolute Gasteiger partial charge is 0.328 e. The van der Waals surface area contributed by atoms with Gasteiger partial charge in [0.25, 0.3) is 0 Å². The van der Waals surface area contributed by atoms with E-state index in [1.54, 1.807) is 6.92 Å². The van der Waals surface area contributed by atoms with Crippen molar-refractivity contribution in [3.8, 4) is 0 Å². The second-order valence-corrected chi connectivity index (χ2v) is 5.41. The lowest BCUT2D eigenvalue weighted by Crippen LogP contribution is -2.42. The molecule has 0 aromatic carbocycles. The average Bonchev–Trinajstić information content (AvgIpc) is 2.13. The van der Waals surface area contributed by atoms with Crippen LogP contribution in [0.25, 0.3) is 0 Å². The molecule has 0 aromatic rings. The number of ketones is 1. The van der Waals surface area contributed by atoms with Gasteiger partial charge in [0.2, 0.25) is 10.3 Å². The minimum absolute atomic E-state index is 0.0718. The smallest absolute Gasteiger partial charge is 0.210 e. The minimum atomic E-state index is -2.09. The van der Waals surface area contributed by atoms with Crippen LogP contribution in [0.1, 0.15) is 19.8 Å². The first-order valence-electron chi connectivity index (χ1n) is 5.17. The predicted octanol–water partition coefficient (Wildman–Crippen LogP) is 0.670. The Morgan fingerprint density at radius 3 is 2.31 bits per heavy atom. The summed E-state index contributed by atoms with van der Waals surface area (Å²) in [5.74, 6) is 0.0718. The molecule has 0 saturated carbocycles. The van der Waals surface area contributed by atoms with Gasteiger partial charge < -0.3 is 4.48 Å². The zero-order valence-corrected chi connectivity index (χ0v) is 11.0. The van der Waals surface area contributed by atoms with E-state index in [-0.39, 0.29) is 5.78 Å². The maximum absolute atomic E-state index is 11.4. The lowest BCUT2D eigenvalue weighted by atomic mass is 10.1. The molecule has 0 aliphatic heterocycles. The number of hydrogen-bond donors (Lipinski definition) is 0. The van der Waals surface area contributed by atoms with E-state index in [1.807, 2.05) is 14.1 Å². The first-order valence-corrected chi connectivity index (χ1v) is 6.30. The summed E-state index contributed by atoms with van der Waals surface area (Å²) in [7, 11) is 1.87. The van der Waals surface area contributed by atoms with Crippen LogP contribution in [0.4, 0.5) is 0 Å². The molecule has 5 heteroatoms. The molecule has 0 radical (unpaired) electrons. The number of hydrogen-bond acceptors (Lipinski definition) is 3. The number of rotatable bonds is 7. The molecule has 0 unspecified atom stereocenters. The molecule has 0 aliphatic carbocycles. The minimum Gasteiger partial charge on any atom is -0.328 e. The highest BCUT2D eigenvalue weighted by Crippen LogP contribution is 2.04. The second kappa shape index (κ2) is 6.60. The molecule has 0 bridgehead atoms. The van der Waals surface area contributed by atoms with Gasteiger partial charge in [0.15, 0.2) is 5.78 Å². The topological polar surface area (TPSA) is 51.2 Å². The maximum atomic E-state index is 11.4. The zero-order chi connectivity index (χ0) is 12.8. The van der Waals surface area contributed by atoms with Gasteiger partial charge in [-0.25, -0.2) is 0 Å². The van der Waals surface area contributed by atoms with Crippen LogP contribution >= 0.6 is 0 Å². The number of Topliss-reactive ketones (excluding diaryl/α,β-unsaturated/α-hetero) is 1. The summed E-state index contributed by atoms with van der Waals surface area (Å²) in [5, 5.41) is 1.25. The molecule has 0 spiro atoms. The number of carbonyl (C=O) groups excluding carboxylic acids is 1. The molecule has 0 amide bonds. The van der Waals surface area contributed by atoms with Crippen LogP contribution < -0.4 is 0 Å². The van der Waals surface area contributed by atoms with E-state index in [1.165, 1.54) is 5.37 Å². The van der Waals surface area contributed by atoms with Gasteiger partial charge in [0.05, 0.1) is 33.6 Å². The summed E-state index contributed by atoms with van der Waals surface area (Å²) in [6.45, 7) is 6.71. The van der Waals surface area contributed by atoms with Gasteiger partial charge in [0, 0.05) is 11.8 Å². The fraction of sp³-hybridized carbons (Fsp3) is 0.636. The van der Waals surface area contributed by atoms with E-state index in [0.717, 1.165) is 0 Å². The van der Waals surface area contributed by atoms with Gasteiger partial charge >= 0.3 is 0 Å². The quantitative estimate of drug-likeness (QED) is 0.377. The van der Waals surface area contributed by atoms with Crippen LogP contribution in [-0.4, -0.2) is 51.2 Å². The third kappa shape index (κ3) is 7.36. The lowest BCUT2D eigenvalue weighted by molar-refractivity contribution is -0.888. The molecule has 0 rings (SSSR count). The number of nitrogens with zero attached hydrogens (tertiary/aromatic N) is 1. The standard InChI is InChI=1S/C11H20NO3S/c1-10(2)11(13)6-8-12(3,4)7-5-9-16(14)15/h9H,1,5-8H2,2-4H3/q+1. The monoisotopic (exact) mass is 246 g/mol. The molecular weight excluding hydrogens is 226 g/mol. The Hall–Kier alpha value is -0.940. The van der Waals surface area contributed by atoms with Crippen molar-refractivity contribution in [2.24, 2.45) is 0 Å². The molecule has 16 heavy (non-hydrogen) atoms. The van der Waals surface area contributed by atoms with E-state index in [2.05, 4.69) is 6.58 Å². The molecule has 0 atom stereocenters. The Bertz CT molecular complexity index is 385. The Balaban J connectivity index is 4.10. The molecule has 4 nitrogen and oxygen atoms in total. The van der Waals surface area contributed by atoms with Gasteiger partial charge in [-0.3, -0.25) is 4.79 Å². The normalized spacial score (nSPS) is 10.9. The average molecular weight is 246 g/mol. The third-order valence-electron chi connectivity index (χ3n) is 2.41. The van der Waals surface area contributed by atoms with E-state index >= 15 is 0 Å². The number of carbonyl (C=O) groups is 1. The van der Waals surface area contributed by atoms with Crippen molar-refractivity contribution in [2.45, 2.75) is 19.8 Å². The summed E-state index contributed by atoms with van der Waals surface area (Å²) in [6, 6.07) is 0. The molecule has 92 valence electrons. The van der Waals surface area contributed by atoms with Crippen molar-refractivity contribution >= 4 is 21.4 Å². The van der Waals surface area contributed by atoms with Crippen LogP contribution in [0.3, 0.4) is 0 Å². The van der Waals surface area contributed by atoms with Crippen molar-refractivity contribution in [3.63, 3.8) is 0 Å². The van der Waals surface area contributed by atoms with Crippen LogP contribution in [0, 0.1) is 0 Å². The molecule has 0 aliphatic rings. The first kappa shape index (κ1) is 15.1. The van der Waals surface area contributed by atoms with Crippen LogP contribution in [0.2, 0.25) is 0 Å². The molecule has 0 aromatic heterocycles. The van der Waals surface area contributed by atoms with Crippen molar-refractivity contribution in [2.75, 3.05) is 27.2 Å². The maximum Gasteiger partial charge on any atom is 0.210 e. The fourth-order valence-corrected chi connectivity index (χ4v) is 1.53. The summed E-state index contributed by atoms with van der Waals surface area (Å²) >= 11 is 0. The Labute approximate surface area is 98.7 Å².